The standard InChI is InChI=1S/C12H14N2OS/c1-8-10(12(2,3)15)16-11(14-8)9-4-6-13-7-5-9/h4-7,15H,1-3H3. The van der Waals surface area contributed by atoms with Crippen LogP contribution in [0.25, 0.3) is 10.6 Å². The molecule has 2 aromatic heterocycles. The maximum absolute atomic E-state index is 9.99. The third kappa shape index (κ3) is 2.13. The van der Waals surface area contributed by atoms with Gasteiger partial charge in [0.05, 0.1) is 16.2 Å². The Morgan fingerprint density at radius 3 is 2.38 bits per heavy atom. The number of aryl methyl sites for hydroxylation is 1. The minimum atomic E-state index is -0.826. The number of nitrogens with zero attached hydrogens (tertiary/aromatic N) is 2. The maximum atomic E-state index is 9.99. The van der Waals surface area contributed by atoms with Gasteiger partial charge in [0.15, 0.2) is 0 Å². The van der Waals surface area contributed by atoms with E-state index >= 15 is 0 Å². The Morgan fingerprint density at radius 2 is 1.88 bits per heavy atom. The number of aliphatic hydroxyl groups is 1. The Labute approximate surface area is 98.8 Å². The van der Waals surface area contributed by atoms with Crippen molar-refractivity contribution in [1.82, 2.24) is 9.97 Å². The van der Waals surface area contributed by atoms with Crippen molar-refractivity contribution in [2.24, 2.45) is 0 Å². The van der Waals surface area contributed by atoms with Crippen LogP contribution in [0, 0.1) is 6.92 Å². The van der Waals surface area contributed by atoms with Crippen molar-refractivity contribution in [2.75, 3.05) is 0 Å². The van der Waals surface area contributed by atoms with Gasteiger partial charge in [-0.1, -0.05) is 0 Å². The van der Waals surface area contributed by atoms with E-state index in [1.807, 2.05) is 19.1 Å². The molecule has 3 nitrogen and oxygen atoms in total. The first-order valence-electron chi connectivity index (χ1n) is 5.09. The summed E-state index contributed by atoms with van der Waals surface area (Å²) < 4.78 is 0. The molecule has 16 heavy (non-hydrogen) atoms. The van der Waals surface area contributed by atoms with Gasteiger partial charge in [0.2, 0.25) is 0 Å². The molecule has 4 heteroatoms. The second-order valence-corrected chi connectivity index (χ2v) is 5.23. The van der Waals surface area contributed by atoms with E-state index in [1.165, 1.54) is 11.3 Å². The first-order chi connectivity index (χ1) is 7.48. The summed E-state index contributed by atoms with van der Waals surface area (Å²) in [4.78, 5) is 9.37. The lowest BCUT2D eigenvalue weighted by molar-refractivity contribution is 0.0817. The fourth-order valence-corrected chi connectivity index (χ4v) is 2.65. The van der Waals surface area contributed by atoms with Crippen LogP contribution in [-0.4, -0.2) is 15.1 Å². The van der Waals surface area contributed by atoms with Crippen LogP contribution in [0.2, 0.25) is 0 Å². The average molecular weight is 234 g/mol. The SMILES string of the molecule is Cc1nc(-c2ccncc2)sc1C(C)(C)O. The van der Waals surface area contributed by atoms with Gasteiger partial charge in [0.1, 0.15) is 5.01 Å². The fourth-order valence-electron chi connectivity index (χ4n) is 1.58. The summed E-state index contributed by atoms with van der Waals surface area (Å²) >= 11 is 1.53. The molecule has 0 atom stereocenters. The molecule has 0 aliphatic rings. The van der Waals surface area contributed by atoms with Crippen molar-refractivity contribution in [3.63, 3.8) is 0 Å². The molecule has 0 amide bonds. The van der Waals surface area contributed by atoms with Gasteiger partial charge in [0, 0.05) is 18.0 Å². The van der Waals surface area contributed by atoms with Gasteiger partial charge in [-0.25, -0.2) is 4.98 Å². The van der Waals surface area contributed by atoms with Crippen LogP contribution in [0.4, 0.5) is 0 Å². The normalized spacial score (nSPS) is 11.8. The quantitative estimate of drug-likeness (QED) is 0.869. The molecule has 0 aliphatic heterocycles. The van der Waals surface area contributed by atoms with E-state index in [0.29, 0.717) is 0 Å². The Bertz CT molecular complexity index is 485. The molecule has 0 fully saturated rings. The Hall–Kier alpha value is -1.26. The Balaban J connectivity index is 2.47. The van der Waals surface area contributed by atoms with E-state index in [-0.39, 0.29) is 0 Å². The zero-order valence-corrected chi connectivity index (χ0v) is 10.4. The molecule has 0 spiro atoms. The van der Waals surface area contributed by atoms with Crippen LogP contribution >= 0.6 is 11.3 Å². The number of aromatic nitrogens is 2. The molecule has 0 saturated carbocycles. The molecule has 0 saturated heterocycles. The van der Waals surface area contributed by atoms with Crippen molar-refractivity contribution in [2.45, 2.75) is 26.4 Å². The summed E-state index contributed by atoms with van der Waals surface area (Å²) in [7, 11) is 0. The average Bonchev–Trinajstić information content (AvgIpc) is 2.61. The fraction of sp³-hybridized carbons (Fsp3) is 0.333. The molecule has 0 aromatic carbocycles. The maximum Gasteiger partial charge on any atom is 0.124 e. The van der Waals surface area contributed by atoms with E-state index in [1.54, 1.807) is 26.2 Å². The number of pyridine rings is 1. The van der Waals surface area contributed by atoms with Crippen molar-refractivity contribution >= 4 is 11.3 Å². The van der Waals surface area contributed by atoms with Crippen LogP contribution in [0.15, 0.2) is 24.5 Å². The Kier molecular flexibility index (Phi) is 2.78. The van der Waals surface area contributed by atoms with E-state index in [9.17, 15) is 5.11 Å². The topological polar surface area (TPSA) is 46.0 Å². The lowest BCUT2D eigenvalue weighted by atomic mass is 10.1. The minimum Gasteiger partial charge on any atom is -0.385 e. The highest BCUT2D eigenvalue weighted by atomic mass is 32.1. The van der Waals surface area contributed by atoms with Crippen LogP contribution in [0.3, 0.4) is 0 Å². The molecular weight excluding hydrogens is 220 g/mol. The van der Waals surface area contributed by atoms with Gasteiger partial charge in [-0.2, -0.15) is 0 Å². The highest BCUT2D eigenvalue weighted by Gasteiger charge is 2.23. The molecule has 0 unspecified atom stereocenters. The third-order valence-electron chi connectivity index (χ3n) is 2.28. The number of rotatable bonds is 2. The molecule has 0 aliphatic carbocycles. The van der Waals surface area contributed by atoms with E-state index < -0.39 is 5.60 Å². The molecule has 84 valence electrons. The first-order valence-corrected chi connectivity index (χ1v) is 5.91. The van der Waals surface area contributed by atoms with Gasteiger partial charge >= 0.3 is 0 Å². The summed E-state index contributed by atoms with van der Waals surface area (Å²) in [5.74, 6) is 0. The second kappa shape index (κ2) is 3.96. The zero-order valence-electron chi connectivity index (χ0n) is 9.56. The summed E-state index contributed by atoms with van der Waals surface area (Å²) in [5.41, 5.74) is 1.11. The second-order valence-electron chi connectivity index (χ2n) is 4.23. The highest BCUT2D eigenvalue weighted by Crippen LogP contribution is 2.34. The zero-order chi connectivity index (χ0) is 11.8. The summed E-state index contributed by atoms with van der Waals surface area (Å²) in [5, 5.41) is 10.9. The van der Waals surface area contributed by atoms with Gasteiger partial charge < -0.3 is 5.11 Å². The predicted molar refractivity (Wildman–Crippen MR) is 65.3 cm³/mol. The van der Waals surface area contributed by atoms with Crippen LogP contribution in [0.1, 0.15) is 24.4 Å². The van der Waals surface area contributed by atoms with E-state index in [0.717, 1.165) is 21.1 Å². The lowest BCUT2D eigenvalue weighted by Crippen LogP contribution is -2.14. The monoisotopic (exact) mass is 234 g/mol. The van der Waals surface area contributed by atoms with Crippen molar-refractivity contribution in [1.29, 1.82) is 0 Å². The van der Waals surface area contributed by atoms with E-state index in [2.05, 4.69) is 9.97 Å². The van der Waals surface area contributed by atoms with Gasteiger partial charge in [-0.3, -0.25) is 4.98 Å². The Morgan fingerprint density at radius 1 is 1.25 bits per heavy atom. The van der Waals surface area contributed by atoms with Crippen LogP contribution in [-0.2, 0) is 5.60 Å². The summed E-state index contributed by atoms with van der Waals surface area (Å²) in [6.45, 7) is 5.49. The molecule has 0 radical (unpaired) electrons. The van der Waals surface area contributed by atoms with E-state index in [4.69, 9.17) is 0 Å². The molecule has 2 rings (SSSR count). The molecular formula is C12H14N2OS. The third-order valence-corrected chi connectivity index (χ3v) is 3.80. The number of thiazole rings is 1. The van der Waals surface area contributed by atoms with Crippen molar-refractivity contribution < 1.29 is 5.11 Å². The van der Waals surface area contributed by atoms with Gasteiger partial charge in [0.25, 0.3) is 0 Å². The molecule has 1 N–H and O–H groups in total. The van der Waals surface area contributed by atoms with Crippen molar-refractivity contribution in [3.8, 4) is 10.6 Å². The molecule has 2 aromatic rings. The molecule has 2 heterocycles. The van der Waals surface area contributed by atoms with Gasteiger partial charge in [-0.05, 0) is 32.9 Å². The van der Waals surface area contributed by atoms with Crippen LogP contribution in [0.5, 0.6) is 0 Å². The number of hydrogen-bond acceptors (Lipinski definition) is 4. The summed E-state index contributed by atoms with van der Waals surface area (Å²) in [6.07, 6.45) is 3.49. The lowest BCUT2D eigenvalue weighted by Gasteiger charge is -2.14. The largest absolute Gasteiger partial charge is 0.385 e. The summed E-state index contributed by atoms with van der Waals surface area (Å²) in [6, 6.07) is 3.85. The minimum absolute atomic E-state index is 0.826. The highest BCUT2D eigenvalue weighted by molar-refractivity contribution is 7.15. The number of hydrogen-bond donors (Lipinski definition) is 1. The first kappa shape index (κ1) is 11.2. The van der Waals surface area contributed by atoms with Gasteiger partial charge in [-0.15, -0.1) is 11.3 Å². The van der Waals surface area contributed by atoms with Crippen LogP contribution < -0.4 is 0 Å². The smallest absolute Gasteiger partial charge is 0.124 e. The molecule has 0 bridgehead atoms. The predicted octanol–water partition coefficient (Wildman–Crippen LogP) is 2.74. The van der Waals surface area contributed by atoms with Crippen molar-refractivity contribution in [3.05, 3.63) is 35.1 Å².